The van der Waals surface area contributed by atoms with Crippen LogP contribution in [0.4, 0.5) is 10.5 Å². The number of hydroxylamine groups is 2. The molecule has 0 spiro atoms. The smallest absolute Gasteiger partial charge is 0.306 e. The lowest BCUT2D eigenvalue weighted by Gasteiger charge is -2.26. The Morgan fingerprint density at radius 1 is 1.44 bits per heavy atom. The first-order valence-electron chi connectivity index (χ1n) is 4.74. The maximum atomic E-state index is 11.5. The highest BCUT2D eigenvalue weighted by atomic mass is 16.5. The zero-order valence-electron chi connectivity index (χ0n) is 9.14. The van der Waals surface area contributed by atoms with Gasteiger partial charge in [0.15, 0.2) is 5.54 Å². The average Bonchev–Trinajstić information content (AvgIpc) is 2.29. The summed E-state index contributed by atoms with van der Waals surface area (Å²) < 4.78 is 0. The SMILES string of the molecule is CC(C)(C#N)N(O)C(=O)Nc1ccccc1. The Bertz CT molecular complexity index is 409. The van der Waals surface area contributed by atoms with Gasteiger partial charge in [-0.15, -0.1) is 0 Å². The molecule has 0 aliphatic rings. The van der Waals surface area contributed by atoms with Crippen molar-refractivity contribution in [1.82, 2.24) is 5.06 Å². The highest BCUT2D eigenvalue weighted by Gasteiger charge is 2.29. The van der Waals surface area contributed by atoms with E-state index in [9.17, 15) is 10.0 Å². The molecule has 0 bridgehead atoms. The Morgan fingerprint density at radius 3 is 2.50 bits per heavy atom. The molecule has 16 heavy (non-hydrogen) atoms. The van der Waals surface area contributed by atoms with Gasteiger partial charge in [0, 0.05) is 5.69 Å². The molecule has 0 atom stereocenters. The Hall–Kier alpha value is -2.06. The van der Waals surface area contributed by atoms with E-state index in [1.54, 1.807) is 24.3 Å². The van der Waals surface area contributed by atoms with Crippen LogP contribution in [0.3, 0.4) is 0 Å². The zero-order chi connectivity index (χ0) is 12.2. The summed E-state index contributed by atoms with van der Waals surface area (Å²) in [6.45, 7) is 2.88. The number of para-hydroxylation sites is 1. The standard InChI is InChI=1S/C11H13N3O2/c1-11(2,8-12)14(16)10(15)13-9-6-4-3-5-7-9/h3-7,16H,1-2H3,(H,13,15). The third-order valence-corrected chi connectivity index (χ3v) is 2.02. The molecule has 0 aromatic heterocycles. The van der Waals surface area contributed by atoms with E-state index in [-0.39, 0.29) is 0 Å². The van der Waals surface area contributed by atoms with Crippen molar-refractivity contribution in [3.63, 3.8) is 0 Å². The van der Waals surface area contributed by atoms with Crippen molar-refractivity contribution in [3.05, 3.63) is 30.3 Å². The number of benzene rings is 1. The summed E-state index contributed by atoms with van der Waals surface area (Å²) in [5.74, 6) is 0. The molecule has 1 aromatic carbocycles. The van der Waals surface area contributed by atoms with Crippen molar-refractivity contribution < 1.29 is 10.0 Å². The molecule has 84 valence electrons. The summed E-state index contributed by atoms with van der Waals surface area (Å²) in [5, 5.41) is 21.1. The van der Waals surface area contributed by atoms with E-state index in [2.05, 4.69) is 5.32 Å². The summed E-state index contributed by atoms with van der Waals surface area (Å²) in [6.07, 6.45) is 0. The minimum absolute atomic E-state index is 0.375. The number of nitriles is 1. The van der Waals surface area contributed by atoms with Crippen LogP contribution in [0.25, 0.3) is 0 Å². The maximum Gasteiger partial charge on any atom is 0.347 e. The van der Waals surface area contributed by atoms with Crippen molar-refractivity contribution >= 4 is 11.7 Å². The van der Waals surface area contributed by atoms with E-state index in [1.165, 1.54) is 13.8 Å². The second-order valence-electron chi connectivity index (χ2n) is 3.78. The van der Waals surface area contributed by atoms with Crippen molar-refractivity contribution in [2.75, 3.05) is 5.32 Å². The van der Waals surface area contributed by atoms with Crippen molar-refractivity contribution in [1.29, 1.82) is 5.26 Å². The van der Waals surface area contributed by atoms with Crippen molar-refractivity contribution in [2.45, 2.75) is 19.4 Å². The number of rotatable bonds is 2. The second-order valence-corrected chi connectivity index (χ2v) is 3.78. The normalized spacial score (nSPS) is 10.4. The van der Waals surface area contributed by atoms with Crippen LogP contribution in [0.15, 0.2) is 30.3 Å². The van der Waals surface area contributed by atoms with Crippen LogP contribution in [-0.4, -0.2) is 21.8 Å². The Balaban J connectivity index is 2.71. The average molecular weight is 219 g/mol. The Morgan fingerprint density at radius 2 is 2.00 bits per heavy atom. The van der Waals surface area contributed by atoms with Gasteiger partial charge >= 0.3 is 6.03 Å². The van der Waals surface area contributed by atoms with Gasteiger partial charge in [0.2, 0.25) is 0 Å². The summed E-state index contributed by atoms with van der Waals surface area (Å²) >= 11 is 0. The molecule has 0 aliphatic carbocycles. The molecule has 5 nitrogen and oxygen atoms in total. The van der Waals surface area contributed by atoms with E-state index in [0.29, 0.717) is 10.8 Å². The summed E-state index contributed by atoms with van der Waals surface area (Å²) in [5.41, 5.74) is -0.709. The number of nitrogens with one attached hydrogen (secondary N) is 1. The van der Waals surface area contributed by atoms with Gasteiger partial charge in [0.25, 0.3) is 0 Å². The van der Waals surface area contributed by atoms with Crippen molar-refractivity contribution in [2.24, 2.45) is 0 Å². The molecule has 0 fully saturated rings. The Kier molecular flexibility index (Phi) is 3.48. The van der Waals surface area contributed by atoms with Crippen LogP contribution in [0.2, 0.25) is 0 Å². The zero-order valence-corrected chi connectivity index (χ0v) is 9.14. The molecule has 0 saturated heterocycles. The molecule has 0 saturated carbocycles. The monoisotopic (exact) mass is 219 g/mol. The number of hydrogen-bond donors (Lipinski definition) is 2. The molecule has 2 amide bonds. The van der Waals surface area contributed by atoms with E-state index in [0.717, 1.165) is 0 Å². The van der Waals surface area contributed by atoms with Crippen LogP contribution in [0, 0.1) is 11.3 Å². The summed E-state index contributed by atoms with van der Waals surface area (Å²) in [7, 11) is 0. The molecule has 1 aromatic rings. The fraction of sp³-hybridized carbons (Fsp3) is 0.273. The summed E-state index contributed by atoms with van der Waals surface area (Å²) in [6, 6.07) is 9.78. The van der Waals surface area contributed by atoms with Crippen LogP contribution in [0.1, 0.15) is 13.8 Å². The number of anilines is 1. The fourth-order valence-corrected chi connectivity index (χ4v) is 0.999. The third kappa shape index (κ3) is 2.72. The number of nitrogens with zero attached hydrogens (tertiary/aromatic N) is 2. The lowest BCUT2D eigenvalue weighted by Crippen LogP contribution is -2.46. The minimum Gasteiger partial charge on any atom is -0.306 e. The molecular formula is C11H13N3O2. The maximum absolute atomic E-state index is 11.5. The minimum atomic E-state index is -1.27. The number of amides is 2. The quantitative estimate of drug-likeness (QED) is 0.591. The topological polar surface area (TPSA) is 76.4 Å². The van der Waals surface area contributed by atoms with Gasteiger partial charge in [0.1, 0.15) is 0 Å². The highest BCUT2D eigenvalue weighted by molar-refractivity contribution is 5.89. The van der Waals surface area contributed by atoms with Gasteiger partial charge in [-0.25, -0.2) is 4.79 Å². The van der Waals surface area contributed by atoms with Crippen LogP contribution in [0.5, 0.6) is 0 Å². The predicted molar refractivity (Wildman–Crippen MR) is 58.8 cm³/mol. The van der Waals surface area contributed by atoms with Gasteiger partial charge in [-0.05, 0) is 26.0 Å². The number of urea groups is 1. The van der Waals surface area contributed by atoms with Crippen molar-refractivity contribution in [3.8, 4) is 6.07 Å². The number of carbonyl (C=O) groups is 1. The molecule has 1 rings (SSSR count). The van der Waals surface area contributed by atoms with Gasteiger partial charge in [-0.2, -0.15) is 10.3 Å². The fourth-order valence-electron chi connectivity index (χ4n) is 0.999. The van der Waals surface area contributed by atoms with E-state index in [1.807, 2.05) is 12.1 Å². The predicted octanol–water partition coefficient (Wildman–Crippen LogP) is 2.21. The Labute approximate surface area is 93.9 Å². The molecule has 2 N–H and O–H groups in total. The van der Waals surface area contributed by atoms with Gasteiger partial charge < -0.3 is 5.32 Å². The molecule has 0 radical (unpaired) electrons. The lowest BCUT2D eigenvalue weighted by molar-refractivity contribution is -0.0878. The molecule has 0 unspecified atom stereocenters. The number of hydrogen-bond acceptors (Lipinski definition) is 3. The number of carbonyl (C=O) groups excluding carboxylic acids is 1. The van der Waals surface area contributed by atoms with Crippen LogP contribution in [-0.2, 0) is 0 Å². The largest absolute Gasteiger partial charge is 0.347 e. The second kappa shape index (κ2) is 4.64. The van der Waals surface area contributed by atoms with E-state index < -0.39 is 11.6 Å². The third-order valence-electron chi connectivity index (χ3n) is 2.02. The first-order chi connectivity index (χ1) is 7.47. The molecular weight excluding hydrogens is 206 g/mol. The van der Waals surface area contributed by atoms with E-state index >= 15 is 0 Å². The van der Waals surface area contributed by atoms with Crippen LogP contribution >= 0.6 is 0 Å². The molecule has 5 heteroatoms. The van der Waals surface area contributed by atoms with E-state index in [4.69, 9.17) is 5.26 Å². The molecule has 0 aliphatic heterocycles. The summed E-state index contributed by atoms with van der Waals surface area (Å²) in [4.78, 5) is 11.5. The van der Waals surface area contributed by atoms with Gasteiger partial charge in [-0.1, -0.05) is 18.2 Å². The first-order valence-corrected chi connectivity index (χ1v) is 4.74. The van der Waals surface area contributed by atoms with Gasteiger partial charge in [-0.3, -0.25) is 5.21 Å². The highest BCUT2D eigenvalue weighted by Crippen LogP contribution is 2.13. The first kappa shape index (κ1) is 12.0. The van der Waals surface area contributed by atoms with Gasteiger partial charge in [0.05, 0.1) is 6.07 Å². The lowest BCUT2D eigenvalue weighted by atomic mass is 10.1. The molecule has 0 heterocycles. The van der Waals surface area contributed by atoms with Crippen LogP contribution < -0.4 is 5.32 Å².